The number of fused-ring (bicyclic) bond motifs is 1. The van der Waals surface area contributed by atoms with Gasteiger partial charge < -0.3 is 0 Å². The minimum atomic E-state index is -0.570. The predicted molar refractivity (Wildman–Crippen MR) is 86.2 cm³/mol. The first-order chi connectivity index (χ1) is 11.1. The van der Waals surface area contributed by atoms with Crippen molar-refractivity contribution >= 4 is 45.7 Å². The van der Waals surface area contributed by atoms with Gasteiger partial charge in [-0.25, -0.2) is 10.4 Å². The van der Waals surface area contributed by atoms with Crippen LogP contribution in [0.2, 0.25) is 5.15 Å². The third-order valence-corrected chi connectivity index (χ3v) is 3.96. The lowest BCUT2D eigenvalue weighted by Gasteiger charge is -1.99. The highest BCUT2D eigenvalue weighted by atomic mass is 35.5. The van der Waals surface area contributed by atoms with E-state index >= 15 is 0 Å². The van der Waals surface area contributed by atoms with E-state index in [1.54, 1.807) is 10.6 Å². The molecule has 0 atom stereocenters. The third-order valence-electron chi connectivity index (χ3n) is 2.93. The zero-order chi connectivity index (χ0) is 16.4. The van der Waals surface area contributed by atoms with Gasteiger partial charge in [-0.1, -0.05) is 17.7 Å². The fourth-order valence-electron chi connectivity index (χ4n) is 1.87. The van der Waals surface area contributed by atoms with Crippen molar-refractivity contribution in [1.82, 2.24) is 14.8 Å². The number of benzene rings is 1. The zero-order valence-corrected chi connectivity index (χ0v) is 12.9. The monoisotopic (exact) mass is 349 g/mol. The van der Waals surface area contributed by atoms with Crippen LogP contribution in [0.1, 0.15) is 16.1 Å². The lowest BCUT2D eigenvalue weighted by Crippen LogP contribution is -2.17. The molecule has 3 aromatic rings. The summed E-state index contributed by atoms with van der Waals surface area (Å²) in [6.07, 6.45) is 3.15. The summed E-state index contributed by atoms with van der Waals surface area (Å²) in [5.74, 6) is -0.563. The second kappa shape index (κ2) is 6.15. The van der Waals surface area contributed by atoms with E-state index in [1.165, 1.54) is 41.8 Å². The molecule has 0 saturated heterocycles. The van der Waals surface area contributed by atoms with E-state index in [4.69, 9.17) is 11.6 Å². The largest absolute Gasteiger partial charge is 0.288 e. The number of carbonyl (C=O) groups is 1. The fraction of sp³-hybridized carbons (Fsp3) is 0. The van der Waals surface area contributed by atoms with Crippen LogP contribution in [-0.4, -0.2) is 26.4 Å². The van der Waals surface area contributed by atoms with E-state index in [0.717, 1.165) is 0 Å². The summed E-state index contributed by atoms with van der Waals surface area (Å²) in [6, 6.07) is 5.37. The number of thiazole rings is 1. The van der Waals surface area contributed by atoms with Crippen molar-refractivity contribution in [2.75, 3.05) is 0 Å². The normalized spacial score (nSPS) is 11.2. The number of hydrogen-bond donors (Lipinski definition) is 1. The Hall–Kier alpha value is -2.78. The Morgan fingerprint density at radius 1 is 1.52 bits per heavy atom. The molecule has 0 aliphatic heterocycles. The number of hydrazone groups is 1. The molecule has 0 unspecified atom stereocenters. The molecular formula is C13H8ClN5O3S. The number of nitrogens with zero attached hydrogens (tertiary/aromatic N) is 4. The van der Waals surface area contributed by atoms with E-state index in [2.05, 4.69) is 15.5 Å². The fourth-order valence-corrected chi connectivity index (χ4v) is 2.86. The third kappa shape index (κ3) is 3.05. The highest BCUT2D eigenvalue weighted by molar-refractivity contribution is 7.15. The van der Waals surface area contributed by atoms with Gasteiger partial charge in [0.05, 0.1) is 11.1 Å². The summed E-state index contributed by atoms with van der Waals surface area (Å²) in [4.78, 5) is 26.9. The summed E-state index contributed by atoms with van der Waals surface area (Å²) in [5.41, 5.74) is 2.80. The Bertz CT molecular complexity index is 933. The van der Waals surface area contributed by atoms with Gasteiger partial charge >= 0.3 is 0 Å². The minimum Gasteiger partial charge on any atom is -0.288 e. The number of nitro benzene ring substituents is 1. The second-order valence-electron chi connectivity index (χ2n) is 4.35. The molecule has 1 aromatic carbocycles. The minimum absolute atomic E-state index is 0.136. The maximum atomic E-state index is 11.9. The summed E-state index contributed by atoms with van der Waals surface area (Å²) in [6.45, 7) is 0. The van der Waals surface area contributed by atoms with Crippen molar-refractivity contribution in [1.29, 1.82) is 0 Å². The molecule has 116 valence electrons. The van der Waals surface area contributed by atoms with Crippen LogP contribution < -0.4 is 5.43 Å². The SMILES string of the molecule is O=C(N/N=C\c1c(Cl)nc2sccn12)c1cccc([N+](=O)[O-])c1. The van der Waals surface area contributed by atoms with Gasteiger partial charge in [0.2, 0.25) is 0 Å². The van der Waals surface area contributed by atoms with E-state index in [9.17, 15) is 14.9 Å². The Kier molecular flexibility index (Phi) is 4.04. The molecule has 2 aromatic heterocycles. The van der Waals surface area contributed by atoms with E-state index in [1.807, 2.05) is 5.38 Å². The van der Waals surface area contributed by atoms with Gasteiger partial charge in [0.15, 0.2) is 10.1 Å². The highest BCUT2D eigenvalue weighted by Gasteiger charge is 2.12. The molecule has 1 N–H and O–H groups in total. The Morgan fingerprint density at radius 2 is 2.35 bits per heavy atom. The molecule has 3 rings (SSSR count). The second-order valence-corrected chi connectivity index (χ2v) is 5.58. The average Bonchev–Trinajstić information content (AvgIpc) is 3.09. The summed E-state index contributed by atoms with van der Waals surface area (Å²) >= 11 is 7.41. The Morgan fingerprint density at radius 3 is 3.13 bits per heavy atom. The quantitative estimate of drug-likeness (QED) is 0.444. The number of imidazole rings is 1. The maximum absolute atomic E-state index is 11.9. The molecule has 0 aliphatic carbocycles. The molecule has 0 radical (unpaired) electrons. The predicted octanol–water partition coefficient (Wildman–Crippen LogP) is 2.72. The van der Waals surface area contributed by atoms with Crippen LogP contribution in [0.4, 0.5) is 5.69 Å². The zero-order valence-electron chi connectivity index (χ0n) is 11.3. The highest BCUT2D eigenvalue weighted by Crippen LogP contribution is 2.19. The van der Waals surface area contributed by atoms with Crippen molar-refractivity contribution in [2.45, 2.75) is 0 Å². The first-order valence-electron chi connectivity index (χ1n) is 6.25. The molecule has 2 heterocycles. The van der Waals surface area contributed by atoms with Crippen LogP contribution in [-0.2, 0) is 0 Å². The van der Waals surface area contributed by atoms with Gasteiger partial charge in [0.1, 0.15) is 5.69 Å². The van der Waals surface area contributed by atoms with Gasteiger partial charge in [-0.3, -0.25) is 19.3 Å². The number of rotatable bonds is 4. The number of nitro groups is 1. The molecule has 0 bridgehead atoms. The Labute approximate surface area is 138 Å². The average molecular weight is 350 g/mol. The van der Waals surface area contributed by atoms with Crippen molar-refractivity contribution < 1.29 is 9.72 Å². The molecular weight excluding hydrogens is 342 g/mol. The van der Waals surface area contributed by atoms with E-state index < -0.39 is 10.8 Å². The molecule has 10 heteroatoms. The van der Waals surface area contributed by atoms with Gasteiger partial charge in [-0.05, 0) is 6.07 Å². The summed E-state index contributed by atoms with van der Waals surface area (Å²) in [5, 5.41) is 16.6. The smallest absolute Gasteiger partial charge is 0.271 e. The topological polar surface area (TPSA) is 102 Å². The summed E-state index contributed by atoms with van der Waals surface area (Å²) < 4.78 is 1.73. The number of amides is 1. The van der Waals surface area contributed by atoms with Crippen LogP contribution >= 0.6 is 22.9 Å². The van der Waals surface area contributed by atoms with Gasteiger partial charge in [-0.2, -0.15) is 5.10 Å². The molecule has 8 nitrogen and oxygen atoms in total. The number of non-ortho nitro benzene ring substituents is 1. The number of carbonyl (C=O) groups excluding carboxylic acids is 1. The lowest BCUT2D eigenvalue weighted by atomic mass is 10.2. The van der Waals surface area contributed by atoms with Crippen molar-refractivity contribution in [3.05, 3.63) is 62.4 Å². The molecule has 0 spiro atoms. The number of aromatic nitrogens is 2. The van der Waals surface area contributed by atoms with Crippen LogP contribution in [0.25, 0.3) is 4.96 Å². The molecule has 0 aliphatic rings. The molecule has 0 fully saturated rings. The first-order valence-corrected chi connectivity index (χ1v) is 7.51. The van der Waals surface area contributed by atoms with Crippen molar-refractivity contribution in [2.24, 2.45) is 5.10 Å². The van der Waals surface area contributed by atoms with Crippen molar-refractivity contribution in [3.8, 4) is 0 Å². The van der Waals surface area contributed by atoms with Gasteiger partial charge in [0, 0.05) is 29.3 Å². The van der Waals surface area contributed by atoms with Crippen LogP contribution in [0, 0.1) is 10.1 Å². The van der Waals surface area contributed by atoms with Crippen LogP contribution in [0.3, 0.4) is 0 Å². The van der Waals surface area contributed by atoms with E-state index in [0.29, 0.717) is 10.7 Å². The standard InChI is InChI=1S/C13H8ClN5O3S/c14-11-10(18-4-5-23-13(18)16-11)7-15-17-12(20)8-2-1-3-9(6-8)19(21)22/h1-7H,(H,17,20)/b15-7-. The summed E-state index contributed by atoms with van der Waals surface area (Å²) in [7, 11) is 0. The molecule has 0 saturated carbocycles. The van der Waals surface area contributed by atoms with Crippen LogP contribution in [0.5, 0.6) is 0 Å². The number of nitrogens with one attached hydrogen (secondary N) is 1. The molecule has 1 amide bonds. The Balaban J connectivity index is 1.76. The maximum Gasteiger partial charge on any atom is 0.271 e. The van der Waals surface area contributed by atoms with Gasteiger partial charge in [-0.15, -0.1) is 11.3 Å². The van der Waals surface area contributed by atoms with Gasteiger partial charge in [0.25, 0.3) is 11.6 Å². The number of halogens is 1. The first kappa shape index (κ1) is 15.1. The van der Waals surface area contributed by atoms with Crippen LogP contribution in [0.15, 0.2) is 40.9 Å². The van der Waals surface area contributed by atoms with Crippen molar-refractivity contribution in [3.63, 3.8) is 0 Å². The molecule has 23 heavy (non-hydrogen) atoms. The van der Waals surface area contributed by atoms with E-state index in [-0.39, 0.29) is 16.4 Å². The number of hydrogen-bond acceptors (Lipinski definition) is 6. The lowest BCUT2D eigenvalue weighted by molar-refractivity contribution is -0.384.